The first-order valence-corrected chi connectivity index (χ1v) is 11.1. The topological polar surface area (TPSA) is 108 Å². The fourth-order valence-electron chi connectivity index (χ4n) is 3.87. The number of hydrogen-bond acceptors (Lipinski definition) is 5. The highest BCUT2D eigenvalue weighted by molar-refractivity contribution is 6.32. The van der Waals surface area contributed by atoms with Crippen LogP contribution >= 0.6 is 11.6 Å². The van der Waals surface area contributed by atoms with Gasteiger partial charge in [-0.15, -0.1) is 0 Å². The molecule has 0 saturated carbocycles. The van der Waals surface area contributed by atoms with Crippen molar-refractivity contribution < 1.29 is 9.59 Å². The second-order valence-corrected chi connectivity index (χ2v) is 9.70. The highest BCUT2D eigenvalue weighted by atomic mass is 35.5. The van der Waals surface area contributed by atoms with Gasteiger partial charge in [-0.2, -0.15) is 5.10 Å². The Bertz CT molecular complexity index is 1230. The van der Waals surface area contributed by atoms with Crippen LogP contribution in [0, 0.1) is 0 Å². The normalized spacial score (nSPS) is 14.3. The van der Waals surface area contributed by atoms with Gasteiger partial charge in [0.2, 0.25) is 5.91 Å². The second kappa shape index (κ2) is 8.55. The number of fused-ring (bicyclic) bond motifs is 1. The minimum Gasteiger partial charge on any atom is -0.361 e. The smallest absolute Gasteiger partial charge is 0.269 e. The van der Waals surface area contributed by atoms with E-state index in [0.29, 0.717) is 42.0 Å². The van der Waals surface area contributed by atoms with Gasteiger partial charge in [-0.1, -0.05) is 39.0 Å². The molecule has 10 heteroatoms. The molecule has 33 heavy (non-hydrogen) atoms. The molecule has 2 amide bonds. The summed E-state index contributed by atoms with van der Waals surface area (Å²) in [6.45, 7) is 11.2. The summed E-state index contributed by atoms with van der Waals surface area (Å²) in [6.07, 6.45) is 2.83. The molecule has 3 N–H and O–H groups in total. The minimum atomic E-state index is -0.221. The number of rotatable bonds is 6. The van der Waals surface area contributed by atoms with E-state index in [2.05, 4.69) is 59.2 Å². The van der Waals surface area contributed by atoms with Gasteiger partial charge in [0, 0.05) is 30.5 Å². The summed E-state index contributed by atoms with van der Waals surface area (Å²) in [5, 5.41) is 15.3. The van der Waals surface area contributed by atoms with E-state index in [1.807, 2.05) is 6.07 Å². The van der Waals surface area contributed by atoms with Crippen molar-refractivity contribution in [3.05, 3.63) is 53.1 Å². The molecule has 1 saturated heterocycles. The lowest BCUT2D eigenvalue weighted by Gasteiger charge is -2.38. The number of likely N-dealkylation sites (tertiary alicyclic amines) is 1. The zero-order chi connectivity index (χ0) is 23.9. The molecule has 0 unspecified atom stereocenters. The molecule has 1 aromatic carbocycles. The molecular weight excluding hydrogens is 442 g/mol. The van der Waals surface area contributed by atoms with Crippen molar-refractivity contribution in [3.8, 4) is 0 Å². The van der Waals surface area contributed by atoms with Crippen molar-refractivity contribution in [1.82, 2.24) is 30.0 Å². The number of H-pyrrole nitrogens is 1. The minimum absolute atomic E-state index is 0.0721. The lowest BCUT2D eigenvalue weighted by Crippen LogP contribution is -2.60. The first-order valence-electron chi connectivity index (χ1n) is 10.7. The second-order valence-electron chi connectivity index (χ2n) is 9.29. The summed E-state index contributed by atoms with van der Waals surface area (Å²) in [5.41, 5.74) is 2.24. The van der Waals surface area contributed by atoms with E-state index in [0.717, 1.165) is 16.5 Å². The number of aromatic nitrogens is 4. The molecule has 9 nitrogen and oxygen atoms in total. The molecule has 1 aliphatic heterocycles. The largest absolute Gasteiger partial charge is 0.361 e. The van der Waals surface area contributed by atoms with Crippen LogP contribution in [0.15, 0.2) is 31.0 Å². The number of nitrogens with zero attached hydrogens (tertiary/aromatic N) is 4. The Hall–Kier alpha value is -3.33. The zero-order valence-electron chi connectivity index (χ0n) is 19.2. The molecule has 3 heterocycles. The standard InChI is InChI=1S/C23H28ClN7O2/c1-6-20(32)31-11-13(12-31)27-22(33)18-9-25-19(30(18)5)10-26-21-14-7-15(23(2,3)4)16(24)8-17(14)28-29-21/h6-9,13H,1,10-12H2,2-5H3,(H,27,33)(H2,26,28,29). The molecule has 2 aromatic heterocycles. The van der Waals surface area contributed by atoms with E-state index >= 15 is 0 Å². The quantitative estimate of drug-likeness (QED) is 0.481. The number of imidazole rings is 1. The number of aromatic amines is 1. The maximum atomic E-state index is 12.7. The lowest BCUT2D eigenvalue weighted by molar-refractivity contribution is -0.130. The molecule has 1 fully saturated rings. The Kier molecular flexibility index (Phi) is 5.92. The maximum absolute atomic E-state index is 12.7. The molecule has 1 aliphatic rings. The number of benzene rings is 1. The average Bonchev–Trinajstić information content (AvgIpc) is 3.29. The van der Waals surface area contributed by atoms with Crippen LogP contribution in [0.3, 0.4) is 0 Å². The van der Waals surface area contributed by atoms with E-state index in [9.17, 15) is 9.59 Å². The van der Waals surface area contributed by atoms with Gasteiger partial charge in [-0.05, 0) is 29.2 Å². The van der Waals surface area contributed by atoms with Gasteiger partial charge in [0.15, 0.2) is 5.82 Å². The van der Waals surface area contributed by atoms with Crippen molar-refractivity contribution >= 4 is 40.1 Å². The summed E-state index contributed by atoms with van der Waals surface area (Å²) in [5.74, 6) is 1.04. The number of hydrogen-bond donors (Lipinski definition) is 3. The van der Waals surface area contributed by atoms with Crippen LogP contribution in [0.5, 0.6) is 0 Å². The van der Waals surface area contributed by atoms with Crippen LogP contribution < -0.4 is 10.6 Å². The molecule has 0 bridgehead atoms. The summed E-state index contributed by atoms with van der Waals surface area (Å²) in [7, 11) is 1.80. The lowest BCUT2D eigenvalue weighted by atomic mass is 9.86. The van der Waals surface area contributed by atoms with Crippen molar-refractivity contribution in [1.29, 1.82) is 0 Å². The van der Waals surface area contributed by atoms with Gasteiger partial charge in [-0.25, -0.2) is 4.98 Å². The predicted molar refractivity (Wildman–Crippen MR) is 128 cm³/mol. The van der Waals surface area contributed by atoms with Crippen molar-refractivity contribution in [2.75, 3.05) is 18.4 Å². The van der Waals surface area contributed by atoms with E-state index in [1.165, 1.54) is 6.08 Å². The average molecular weight is 470 g/mol. The molecule has 0 aliphatic carbocycles. The summed E-state index contributed by atoms with van der Waals surface area (Å²) < 4.78 is 1.75. The van der Waals surface area contributed by atoms with Gasteiger partial charge in [-0.3, -0.25) is 14.7 Å². The number of nitrogens with one attached hydrogen (secondary N) is 3. The summed E-state index contributed by atoms with van der Waals surface area (Å²) in [4.78, 5) is 30.2. The Labute approximate surface area is 197 Å². The third-order valence-corrected chi connectivity index (χ3v) is 6.21. The first kappa shape index (κ1) is 22.8. The third-order valence-electron chi connectivity index (χ3n) is 5.89. The highest BCUT2D eigenvalue weighted by Gasteiger charge is 2.31. The molecule has 0 atom stereocenters. The van der Waals surface area contributed by atoms with E-state index in [-0.39, 0.29) is 23.3 Å². The molecule has 3 aromatic rings. The molecular formula is C23H28ClN7O2. The molecule has 174 valence electrons. The van der Waals surface area contributed by atoms with Crippen LogP contribution in [0.2, 0.25) is 5.02 Å². The molecule has 4 rings (SSSR count). The fraction of sp³-hybridized carbons (Fsp3) is 0.391. The predicted octanol–water partition coefficient (Wildman–Crippen LogP) is 2.99. The van der Waals surface area contributed by atoms with Crippen LogP contribution in [-0.4, -0.2) is 55.6 Å². The fourth-order valence-corrected chi connectivity index (χ4v) is 4.32. The van der Waals surface area contributed by atoms with Crippen LogP contribution in [-0.2, 0) is 23.8 Å². The number of carbonyl (C=O) groups is 2. The van der Waals surface area contributed by atoms with Gasteiger partial charge < -0.3 is 20.1 Å². The Morgan fingerprint density at radius 1 is 1.33 bits per heavy atom. The number of amides is 2. The van der Waals surface area contributed by atoms with Crippen molar-refractivity contribution in [2.45, 2.75) is 38.8 Å². The van der Waals surface area contributed by atoms with Crippen LogP contribution in [0.25, 0.3) is 10.9 Å². The van der Waals surface area contributed by atoms with Crippen molar-refractivity contribution in [3.63, 3.8) is 0 Å². The van der Waals surface area contributed by atoms with Crippen LogP contribution in [0.4, 0.5) is 5.82 Å². The maximum Gasteiger partial charge on any atom is 0.269 e. The van der Waals surface area contributed by atoms with Gasteiger partial charge in [0.1, 0.15) is 11.5 Å². The monoisotopic (exact) mass is 469 g/mol. The number of carbonyl (C=O) groups excluding carboxylic acids is 2. The molecule has 0 radical (unpaired) electrons. The van der Waals surface area contributed by atoms with Gasteiger partial charge >= 0.3 is 0 Å². The van der Waals surface area contributed by atoms with E-state index in [4.69, 9.17) is 11.6 Å². The Balaban J connectivity index is 1.43. The highest BCUT2D eigenvalue weighted by Crippen LogP contribution is 2.34. The zero-order valence-corrected chi connectivity index (χ0v) is 20.0. The van der Waals surface area contributed by atoms with Crippen molar-refractivity contribution in [2.24, 2.45) is 7.05 Å². The molecule has 0 spiro atoms. The number of anilines is 1. The van der Waals surface area contributed by atoms with Crippen LogP contribution in [0.1, 0.15) is 42.6 Å². The van der Waals surface area contributed by atoms with E-state index < -0.39 is 0 Å². The summed E-state index contributed by atoms with van der Waals surface area (Å²) >= 11 is 6.46. The summed E-state index contributed by atoms with van der Waals surface area (Å²) in [6, 6.07) is 3.88. The first-order chi connectivity index (χ1) is 15.6. The Morgan fingerprint density at radius 2 is 2.06 bits per heavy atom. The Morgan fingerprint density at radius 3 is 2.73 bits per heavy atom. The van der Waals surface area contributed by atoms with Gasteiger partial charge in [0.05, 0.1) is 24.3 Å². The van der Waals surface area contributed by atoms with E-state index in [1.54, 1.807) is 22.7 Å². The third kappa shape index (κ3) is 4.45. The van der Waals surface area contributed by atoms with Gasteiger partial charge in [0.25, 0.3) is 5.91 Å². The number of halogens is 1. The SMILES string of the molecule is C=CC(=O)N1CC(NC(=O)c2cnc(CNc3n[nH]c4cc(Cl)c(C(C)(C)C)cc34)n2C)C1.